The SMILES string of the molecule is COCC(=O)N1CCN(CC2(O)CCN(c3cccc(C)c3)CC2)CC(O)(COc2cc(F)cc(F)c2)C1. The van der Waals surface area contributed by atoms with Crippen LogP contribution in [0.15, 0.2) is 42.5 Å². The monoisotopic (exact) mass is 533 g/mol. The maximum Gasteiger partial charge on any atom is 0.248 e. The van der Waals surface area contributed by atoms with Crippen LogP contribution in [0.2, 0.25) is 0 Å². The molecule has 10 heteroatoms. The number of rotatable bonds is 8. The van der Waals surface area contributed by atoms with Gasteiger partial charge in [-0.3, -0.25) is 9.69 Å². The molecule has 2 heterocycles. The summed E-state index contributed by atoms with van der Waals surface area (Å²) in [6, 6.07) is 11.1. The molecule has 2 aliphatic rings. The van der Waals surface area contributed by atoms with Crippen molar-refractivity contribution in [2.45, 2.75) is 31.0 Å². The first-order valence-electron chi connectivity index (χ1n) is 12.9. The van der Waals surface area contributed by atoms with Crippen molar-refractivity contribution in [2.75, 3.05) is 71.0 Å². The summed E-state index contributed by atoms with van der Waals surface area (Å²) in [7, 11) is 1.43. The van der Waals surface area contributed by atoms with Gasteiger partial charge < -0.3 is 29.5 Å². The molecule has 0 radical (unpaired) electrons. The molecule has 0 bridgehead atoms. The summed E-state index contributed by atoms with van der Waals surface area (Å²) in [4.78, 5) is 18.3. The second kappa shape index (κ2) is 11.9. The molecular formula is C28H37F2N3O5. The van der Waals surface area contributed by atoms with Gasteiger partial charge in [-0.2, -0.15) is 0 Å². The average Bonchev–Trinajstić information content (AvgIpc) is 3.01. The Labute approximate surface area is 222 Å². The number of halogens is 2. The first-order valence-corrected chi connectivity index (χ1v) is 12.9. The van der Waals surface area contributed by atoms with Crippen LogP contribution in [-0.4, -0.2) is 103 Å². The number of ether oxygens (including phenoxy) is 2. The molecule has 1 unspecified atom stereocenters. The third-order valence-electron chi connectivity index (χ3n) is 7.23. The van der Waals surface area contributed by atoms with Crippen molar-refractivity contribution in [3.8, 4) is 5.75 Å². The van der Waals surface area contributed by atoms with Crippen molar-refractivity contribution in [3.63, 3.8) is 0 Å². The first kappa shape index (κ1) is 28.2. The van der Waals surface area contributed by atoms with E-state index in [1.165, 1.54) is 17.6 Å². The van der Waals surface area contributed by atoms with Crippen LogP contribution < -0.4 is 9.64 Å². The second-order valence-electron chi connectivity index (χ2n) is 10.6. The zero-order valence-corrected chi connectivity index (χ0v) is 22.0. The van der Waals surface area contributed by atoms with E-state index < -0.39 is 22.8 Å². The van der Waals surface area contributed by atoms with Crippen molar-refractivity contribution >= 4 is 11.6 Å². The summed E-state index contributed by atoms with van der Waals surface area (Å²) in [5.41, 5.74) is -0.182. The van der Waals surface area contributed by atoms with E-state index in [-0.39, 0.29) is 38.0 Å². The summed E-state index contributed by atoms with van der Waals surface area (Å²) < 4.78 is 37.9. The Bertz CT molecular complexity index is 1090. The highest BCUT2D eigenvalue weighted by Crippen LogP contribution is 2.29. The number of amides is 1. The number of benzene rings is 2. The lowest BCUT2D eigenvalue weighted by molar-refractivity contribution is -0.138. The maximum atomic E-state index is 13.6. The molecule has 208 valence electrons. The Balaban J connectivity index is 1.44. The number of aliphatic hydroxyl groups is 2. The van der Waals surface area contributed by atoms with Crippen LogP contribution in [0.25, 0.3) is 0 Å². The quantitative estimate of drug-likeness (QED) is 0.538. The van der Waals surface area contributed by atoms with Gasteiger partial charge >= 0.3 is 0 Å². The van der Waals surface area contributed by atoms with Gasteiger partial charge in [0.2, 0.25) is 5.91 Å². The number of carbonyl (C=O) groups excluding carboxylic acids is 1. The second-order valence-corrected chi connectivity index (χ2v) is 10.6. The van der Waals surface area contributed by atoms with E-state index in [1.807, 2.05) is 11.0 Å². The molecule has 2 fully saturated rings. The Kier molecular flexibility index (Phi) is 8.87. The standard InChI is InChI=1S/C28H37F2N3O5/c1-21-4-3-5-24(12-21)32-8-6-27(35,7-9-32)17-31-10-11-33(26(34)16-37-2)19-28(36,18-31)20-38-25-14-22(29)13-23(30)15-25/h3-5,12-15,35-36H,6-11,16-20H2,1-2H3. The van der Waals surface area contributed by atoms with Gasteiger partial charge in [-0.25, -0.2) is 8.78 Å². The molecule has 2 aromatic carbocycles. The molecule has 2 aromatic rings. The molecule has 0 saturated carbocycles. The molecule has 2 aliphatic heterocycles. The predicted octanol–water partition coefficient (Wildman–Crippen LogP) is 2.21. The lowest BCUT2D eigenvalue weighted by Crippen LogP contribution is -2.56. The van der Waals surface area contributed by atoms with Gasteiger partial charge in [0.05, 0.1) is 12.1 Å². The highest BCUT2D eigenvalue weighted by Gasteiger charge is 2.41. The highest BCUT2D eigenvalue weighted by atomic mass is 19.1. The van der Waals surface area contributed by atoms with Crippen LogP contribution in [0.4, 0.5) is 14.5 Å². The smallest absolute Gasteiger partial charge is 0.248 e. The molecule has 0 spiro atoms. The average molecular weight is 534 g/mol. The number of methoxy groups -OCH3 is 1. The fraction of sp³-hybridized carbons (Fsp3) is 0.536. The summed E-state index contributed by atoms with van der Waals surface area (Å²) in [6.45, 7) is 4.20. The predicted molar refractivity (Wildman–Crippen MR) is 139 cm³/mol. The third kappa shape index (κ3) is 7.41. The molecule has 8 nitrogen and oxygen atoms in total. The van der Waals surface area contributed by atoms with Crippen LogP contribution >= 0.6 is 0 Å². The summed E-state index contributed by atoms with van der Waals surface area (Å²) in [6.07, 6.45) is 1.11. The van der Waals surface area contributed by atoms with E-state index in [4.69, 9.17) is 9.47 Å². The largest absolute Gasteiger partial charge is 0.490 e. The van der Waals surface area contributed by atoms with Gasteiger partial charge in [-0.15, -0.1) is 0 Å². The van der Waals surface area contributed by atoms with Crippen LogP contribution in [-0.2, 0) is 9.53 Å². The third-order valence-corrected chi connectivity index (χ3v) is 7.23. The maximum absolute atomic E-state index is 13.6. The summed E-state index contributed by atoms with van der Waals surface area (Å²) >= 11 is 0. The zero-order valence-electron chi connectivity index (χ0n) is 22.0. The molecule has 38 heavy (non-hydrogen) atoms. The molecule has 1 amide bonds. The summed E-state index contributed by atoms with van der Waals surface area (Å²) in [5.74, 6) is -1.91. The van der Waals surface area contributed by atoms with Crippen molar-refractivity contribution in [3.05, 3.63) is 59.7 Å². The number of hydrogen-bond donors (Lipinski definition) is 2. The molecular weight excluding hydrogens is 496 g/mol. The van der Waals surface area contributed by atoms with Crippen molar-refractivity contribution < 1.29 is 33.3 Å². The van der Waals surface area contributed by atoms with Gasteiger partial charge in [-0.05, 0) is 37.5 Å². The minimum Gasteiger partial charge on any atom is -0.490 e. The number of carbonyl (C=O) groups is 1. The number of aryl methyl sites for hydroxylation is 1. The van der Waals surface area contributed by atoms with Crippen LogP contribution in [0, 0.1) is 18.6 Å². The molecule has 0 aliphatic carbocycles. The van der Waals surface area contributed by atoms with E-state index in [1.54, 1.807) is 0 Å². The van der Waals surface area contributed by atoms with Crippen LogP contribution in [0.5, 0.6) is 5.75 Å². The zero-order chi connectivity index (χ0) is 27.3. The van der Waals surface area contributed by atoms with E-state index in [0.717, 1.165) is 23.9 Å². The topological polar surface area (TPSA) is 85.7 Å². The van der Waals surface area contributed by atoms with Crippen molar-refractivity contribution in [1.82, 2.24) is 9.80 Å². The summed E-state index contributed by atoms with van der Waals surface area (Å²) in [5, 5.41) is 23.0. The number of β-amino-alcohol motifs (C(OH)–C–C–N with tert-alkyl or cyclic N) is 2. The number of anilines is 1. The van der Waals surface area contributed by atoms with Gasteiger partial charge in [0.25, 0.3) is 0 Å². The van der Waals surface area contributed by atoms with Crippen molar-refractivity contribution in [2.24, 2.45) is 0 Å². The van der Waals surface area contributed by atoms with Gasteiger partial charge in [0.1, 0.15) is 36.2 Å². The van der Waals surface area contributed by atoms with Gasteiger partial charge in [0, 0.05) is 70.3 Å². The molecule has 2 N–H and O–H groups in total. The molecule has 1 atom stereocenters. The minimum atomic E-state index is -1.54. The van der Waals surface area contributed by atoms with E-state index in [0.29, 0.717) is 45.6 Å². The lowest BCUT2D eigenvalue weighted by Gasteiger charge is -2.42. The normalized spacial score (nSPS) is 22.3. The Morgan fingerprint density at radius 1 is 0.974 bits per heavy atom. The van der Waals surface area contributed by atoms with Gasteiger partial charge in [0.15, 0.2) is 0 Å². The van der Waals surface area contributed by atoms with E-state index in [9.17, 15) is 23.8 Å². The number of piperidine rings is 1. The van der Waals surface area contributed by atoms with E-state index in [2.05, 4.69) is 30.0 Å². The fourth-order valence-corrected chi connectivity index (χ4v) is 5.31. The first-order chi connectivity index (χ1) is 18.1. The molecule has 0 aromatic heterocycles. The lowest BCUT2D eigenvalue weighted by atomic mass is 9.90. The van der Waals surface area contributed by atoms with Crippen LogP contribution in [0.1, 0.15) is 18.4 Å². The molecule has 2 saturated heterocycles. The minimum absolute atomic E-state index is 0.0386. The Hall–Kier alpha value is -2.79. The van der Waals surface area contributed by atoms with Crippen LogP contribution in [0.3, 0.4) is 0 Å². The highest BCUT2D eigenvalue weighted by molar-refractivity contribution is 5.77. The van der Waals surface area contributed by atoms with Crippen molar-refractivity contribution in [1.29, 1.82) is 0 Å². The number of nitrogens with zero attached hydrogens (tertiary/aromatic N) is 3. The number of hydrogen-bond acceptors (Lipinski definition) is 7. The fourth-order valence-electron chi connectivity index (χ4n) is 5.31. The molecule has 4 rings (SSSR count). The van der Waals surface area contributed by atoms with E-state index >= 15 is 0 Å². The Morgan fingerprint density at radius 3 is 2.34 bits per heavy atom. The Morgan fingerprint density at radius 2 is 1.68 bits per heavy atom. The van der Waals surface area contributed by atoms with Gasteiger partial charge in [-0.1, -0.05) is 12.1 Å².